The Morgan fingerprint density at radius 3 is 1.67 bits per heavy atom. The van der Waals surface area contributed by atoms with Crippen LogP contribution >= 0.6 is 0 Å². The second-order valence-electron chi connectivity index (χ2n) is 5.30. The average molecular weight is 318 g/mol. The summed E-state index contributed by atoms with van der Waals surface area (Å²) in [6.07, 6.45) is -0.310. The van der Waals surface area contributed by atoms with Crippen LogP contribution in [-0.2, 0) is 9.53 Å². The molecule has 0 radical (unpaired) electrons. The fourth-order valence-corrected chi connectivity index (χ4v) is 2.44. The Hall–Kier alpha value is -2.91. The quantitative estimate of drug-likeness (QED) is 0.499. The fourth-order valence-electron chi connectivity index (χ4n) is 2.44. The molecule has 0 unspecified atom stereocenters. The van der Waals surface area contributed by atoms with Crippen LogP contribution in [0.15, 0.2) is 91.0 Å². The van der Waals surface area contributed by atoms with Gasteiger partial charge in [-0.1, -0.05) is 78.9 Å². The van der Waals surface area contributed by atoms with Gasteiger partial charge in [0.25, 0.3) is 0 Å². The molecule has 24 heavy (non-hydrogen) atoms. The molecule has 0 amide bonds. The number of esters is 1. The average Bonchev–Trinajstić information content (AvgIpc) is 2.64. The van der Waals surface area contributed by atoms with Crippen molar-refractivity contribution in [3.63, 3.8) is 0 Å². The van der Waals surface area contributed by atoms with E-state index in [-0.39, 0.29) is 12.7 Å². The van der Waals surface area contributed by atoms with Crippen LogP contribution in [-0.4, -0.2) is 12.6 Å². The zero-order chi connectivity index (χ0) is 16.6. The van der Waals surface area contributed by atoms with Gasteiger partial charge in [0.1, 0.15) is 18.5 Å². The van der Waals surface area contributed by atoms with E-state index in [0.29, 0.717) is 5.75 Å². The highest BCUT2D eigenvalue weighted by Crippen LogP contribution is 2.25. The summed E-state index contributed by atoms with van der Waals surface area (Å²) in [5.41, 5.74) is 1.99. The van der Waals surface area contributed by atoms with Gasteiger partial charge in [0.05, 0.1) is 0 Å². The van der Waals surface area contributed by atoms with Crippen molar-refractivity contribution in [3.8, 4) is 5.75 Å². The lowest BCUT2D eigenvalue weighted by Gasteiger charge is -2.18. The molecule has 0 aliphatic carbocycles. The standard InChI is InChI=1S/C21H18O3/c22-20(24-19-14-8-3-9-15-19)16-23-21(17-10-4-1-5-11-17)18-12-6-2-7-13-18/h1-15,21H,16H2. The highest BCUT2D eigenvalue weighted by Gasteiger charge is 2.16. The monoisotopic (exact) mass is 318 g/mol. The maximum atomic E-state index is 12.0. The molecule has 0 saturated heterocycles. The Labute approximate surface area is 141 Å². The van der Waals surface area contributed by atoms with Gasteiger partial charge in [0.2, 0.25) is 0 Å². The van der Waals surface area contributed by atoms with Crippen LogP contribution < -0.4 is 4.74 Å². The van der Waals surface area contributed by atoms with Crippen molar-refractivity contribution < 1.29 is 14.3 Å². The Balaban J connectivity index is 1.70. The number of para-hydroxylation sites is 1. The molecule has 0 bridgehead atoms. The van der Waals surface area contributed by atoms with E-state index in [1.807, 2.05) is 78.9 Å². The van der Waals surface area contributed by atoms with Gasteiger partial charge in [-0.05, 0) is 23.3 Å². The Bertz CT molecular complexity index is 715. The number of benzene rings is 3. The lowest BCUT2D eigenvalue weighted by Crippen LogP contribution is -2.18. The molecule has 3 nitrogen and oxygen atoms in total. The molecule has 3 heteroatoms. The van der Waals surface area contributed by atoms with Gasteiger partial charge >= 0.3 is 5.97 Å². The summed E-state index contributed by atoms with van der Waals surface area (Å²) >= 11 is 0. The number of ether oxygens (including phenoxy) is 2. The van der Waals surface area contributed by atoms with Crippen molar-refractivity contribution >= 4 is 5.97 Å². The van der Waals surface area contributed by atoms with Gasteiger partial charge in [-0.25, -0.2) is 4.79 Å². The van der Waals surface area contributed by atoms with E-state index in [1.54, 1.807) is 12.1 Å². The van der Waals surface area contributed by atoms with Crippen LogP contribution in [0.2, 0.25) is 0 Å². The summed E-state index contributed by atoms with van der Waals surface area (Å²) in [6.45, 7) is -0.122. The van der Waals surface area contributed by atoms with Crippen LogP contribution in [0.25, 0.3) is 0 Å². The SMILES string of the molecule is O=C(COC(c1ccccc1)c1ccccc1)Oc1ccccc1. The molecule has 3 aromatic rings. The fraction of sp³-hybridized carbons (Fsp3) is 0.0952. The number of hydrogen-bond donors (Lipinski definition) is 0. The van der Waals surface area contributed by atoms with E-state index in [4.69, 9.17) is 9.47 Å². The molecular weight excluding hydrogens is 300 g/mol. The summed E-state index contributed by atoms with van der Waals surface area (Å²) in [7, 11) is 0. The second-order valence-corrected chi connectivity index (χ2v) is 5.30. The van der Waals surface area contributed by atoms with Crippen LogP contribution in [0.4, 0.5) is 0 Å². The second kappa shape index (κ2) is 8.09. The maximum absolute atomic E-state index is 12.0. The molecule has 3 rings (SSSR count). The van der Waals surface area contributed by atoms with E-state index in [9.17, 15) is 4.79 Å². The third-order valence-corrected chi connectivity index (χ3v) is 3.55. The van der Waals surface area contributed by atoms with Crippen molar-refractivity contribution in [2.75, 3.05) is 6.61 Å². The number of hydrogen-bond acceptors (Lipinski definition) is 3. The zero-order valence-corrected chi connectivity index (χ0v) is 13.2. The van der Waals surface area contributed by atoms with E-state index in [1.165, 1.54) is 0 Å². The van der Waals surface area contributed by atoms with Crippen molar-refractivity contribution in [1.82, 2.24) is 0 Å². The third-order valence-electron chi connectivity index (χ3n) is 3.55. The summed E-state index contributed by atoms with van der Waals surface area (Å²) in [5.74, 6) is 0.0973. The summed E-state index contributed by atoms with van der Waals surface area (Å²) in [5, 5.41) is 0. The molecule has 0 saturated carbocycles. The molecule has 0 N–H and O–H groups in total. The largest absolute Gasteiger partial charge is 0.425 e. The van der Waals surface area contributed by atoms with Crippen LogP contribution in [0.5, 0.6) is 5.75 Å². The first-order chi connectivity index (χ1) is 11.8. The molecular formula is C21H18O3. The summed E-state index contributed by atoms with van der Waals surface area (Å²) in [6, 6.07) is 28.7. The minimum Gasteiger partial charge on any atom is -0.425 e. The molecule has 3 aromatic carbocycles. The highest BCUT2D eigenvalue weighted by atomic mass is 16.6. The topological polar surface area (TPSA) is 35.5 Å². The van der Waals surface area contributed by atoms with Gasteiger partial charge in [0, 0.05) is 0 Å². The van der Waals surface area contributed by atoms with Crippen molar-refractivity contribution in [2.24, 2.45) is 0 Å². The van der Waals surface area contributed by atoms with Crippen LogP contribution in [0.1, 0.15) is 17.2 Å². The highest BCUT2D eigenvalue weighted by molar-refractivity contribution is 5.73. The Kier molecular flexibility index (Phi) is 5.38. The smallest absolute Gasteiger partial charge is 0.337 e. The van der Waals surface area contributed by atoms with Gasteiger partial charge in [0.15, 0.2) is 0 Å². The van der Waals surface area contributed by atoms with Crippen molar-refractivity contribution in [2.45, 2.75) is 6.10 Å². The molecule has 0 aromatic heterocycles. The summed E-state index contributed by atoms with van der Waals surface area (Å²) in [4.78, 5) is 12.0. The first-order valence-electron chi connectivity index (χ1n) is 7.80. The van der Waals surface area contributed by atoms with Crippen molar-refractivity contribution in [3.05, 3.63) is 102 Å². The molecule has 0 heterocycles. The van der Waals surface area contributed by atoms with Gasteiger partial charge in [-0.15, -0.1) is 0 Å². The molecule has 0 aliphatic heterocycles. The third kappa shape index (κ3) is 4.31. The zero-order valence-electron chi connectivity index (χ0n) is 13.2. The number of rotatable bonds is 6. The molecule has 120 valence electrons. The Morgan fingerprint density at radius 2 is 1.17 bits per heavy atom. The van der Waals surface area contributed by atoms with Crippen LogP contribution in [0, 0.1) is 0 Å². The molecule has 0 atom stereocenters. The van der Waals surface area contributed by atoms with Crippen molar-refractivity contribution in [1.29, 1.82) is 0 Å². The predicted octanol–water partition coefficient (Wildman–Crippen LogP) is 4.40. The minimum atomic E-state index is -0.418. The molecule has 0 spiro atoms. The predicted molar refractivity (Wildman–Crippen MR) is 92.8 cm³/mol. The molecule has 0 fully saturated rings. The van der Waals surface area contributed by atoms with Gasteiger partial charge < -0.3 is 9.47 Å². The van der Waals surface area contributed by atoms with Crippen LogP contribution in [0.3, 0.4) is 0 Å². The number of carbonyl (C=O) groups is 1. The van der Waals surface area contributed by atoms with E-state index >= 15 is 0 Å². The maximum Gasteiger partial charge on any atom is 0.337 e. The summed E-state index contributed by atoms with van der Waals surface area (Å²) < 4.78 is 11.1. The number of carbonyl (C=O) groups excluding carboxylic acids is 1. The van der Waals surface area contributed by atoms with E-state index in [0.717, 1.165) is 11.1 Å². The normalized spacial score (nSPS) is 10.5. The first kappa shape index (κ1) is 16.0. The lowest BCUT2D eigenvalue weighted by atomic mass is 10.0. The Morgan fingerprint density at radius 1 is 0.708 bits per heavy atom. The van der Waals surface area contributed by atoms with E-state index < -0.39 is 5.97 Å². The minimum absolute atomic E-state index is 0.122. The van der Waals surface area contributed by atoms with Gasteiger partial charge in [-0.2, -0.15) is 0 Å². The molecule has 0 aliphatic rings. The first-order valence-corrected chi connectivity index (χ1v) is 7.80. The van der Waals surface area contributed by atoms with E-state index in [2.05, 4.69) is 0 Å². The lowest BCUT2D eigenvalue weighted by molar-refractivity contribution is -0.140. The van der Waals surface area contributed by atoms with Gasteiger partial charge in [-0.3, -0.25) is 0 Å².